The van der Waals surface area contributed by atoms with E-state index in [0.29, 0.717) is 28.6 Å². The van der Waals surface area contributed by atoms with Gasteiger partial charge in [0.2, 0.25) is 5.91 Å². The van der Waals surface area contributed by atoms with E-state index < -0.39 is 11.7 Å². The molecule has 2 heterocycles. The van der Waals surface area contributed by atoms with E-state index in [-0.39, 0.29) is 12.3 Å². The summed E-state index contributed by atoms with van der Waals surface area (Å²) in [4.78, 5) is 34.2. The van der Waals surface area contributed by atoms with Gasteiger partial charge in [0, 0.05) is 11.3 Å². The largest absolute Gasteiger partial charge is 0.444 e. The average Bonchev–Trinajstić information content (AvgIpc) is 2.82. The highest BCUT2D eigenvalue weighted by Gasteiger charge is 2.32. The number of nitrogens with one attached hydrogen (secondary N) is 1. The number of hydrogen-bond acceptors (Lipinski definition) is 6. The zero-order valence-corrected chi connectivity index (χ0v) is 15.2. The summed E-state index contributed by atoms with van der Waals surface area (Å²) in [6, 6.07) is 5.33. The lowest BCUT2D eigenvalue weighted by Gasteiger charge is -2.21. The summed E-state index contributed by atoms with van der Waals surface area (Å²) in [7, 11) is 0. The highest BCUT2D eigenvalue weighted by molar-refractivity contribution is 6.07. The predicted molar refractivity (Wildman–Crippen MR) is 98.3 cm³/mol. The van der Waals surface area contributed by atoms with E-state index in [2.05, 4.69) is 15.3 Å². The number of aromatic nitrogens is 2. The van der Waals surface area contributed by atoms with Gasteiger partial charge in [-0.25, -0.2) is 14.8 Å². The number of ether oxygens (including phenoxy) is 1. The summed E-state index contributed by atoms with van der Waals surface area (Å²) in [5, 5.41) is 2.70. The highest BCUT2D eigenvalue weighted by atomic mass is 16.6. The number of rotatable bonds is 2. The Labute approximate surface area is 151 Å². The zero-order chi connectivity index (χ0) is 19.1. The molecule has 0 aliphatic carbocycles. The summed E-state index contributed by atoms with van der Waals surface area (Å²) in [5.41, 5.74) is 7.86. The van der Waals surface area contributed by atoms with Gasteiger partial charge in [-0.2, -0.15) is 0 Å². The highest BCUT2D eigenvalue weighted by Crippen LogP contribution is 2.37. The minimum absolute atomic E-state index is 0.144. The van der Waals surface area contributed by atoms with Crippen LogP contribution in [0.15, 0.2) is 24.5 Å². The van der Waals surface area contributed by atoms with Gasteiger partial charge in [-0.05, 0) is 51.5 Å². The summed E-state index contributed by atoms with van der Waals surface area (Å²) >= 11 is 0. The van der Waals surface area contributed by atoms with Crippen LogP contribution in [-0.2, 0) is 16.0 Å². The molecule has 8 heteroatoms. The maximum Gasteiger partial charge on any atom is 0.412 e. The molecule has 136 valence electrons. The third-order valence-corrected chi connectivity index (χ3v) is 3.71. The lowest BCUT2D eigenvalue weighted by molar-refractivity contribution is -0.116. The van der Waals surface area contributed by atoms with Crippen LogP contribution in [0.4, 0.5) is 27.8 Å². The number of fused-ring (bicyclic) bond motifs is 1. The summed E-state index contributed by atoms with van der Waals surface area (Å²) in [5.74, 6) is 0.614. The molecule has 1 aromatic carbocycles. The second-order valence-electron chi connectivity index (χ2n) is 7.15. The summed E-state index contributed by atoms with van der Waals surface area (Å²) in [6.45, 7) is 7.24. The van der Waals surface area contributed by atoms with Crippen LogP contribution in [0.1, 0.15) is 31.9 Å². The zero-order valence-electron chi connectivity index (χ0n) is 15.2. The van der Waals surface area contributed by atoms with Crippen molar-refractivity contribution < 1.29 is 14.3 Å². The van der Waals surface area contributed by atoms with Crippen molar-refractivity contribution >= 4 is 35.0 Å². The van der Waals surface area contributed by atoms with Crippen LogP contribution in [0.2, 0.25) is 0 Å². The standard InChI is InChI=1S/C18H21N5O3/c1-10-5-11(22-17(25)26-18(2,3)4)7-12(6-10)23-14(24)8-13-15(19)20-9-21-16(13)23/h5-7,9H,8H2,1-4H3,(H,22,25)(H2,19,20,21). The van der Waals surface area contributed by atoms with Crippen LogP contribution in [0, 0.1) is 6.92 Å². The number of anilines is 4. The number of nitrogens with two attached hydrogens (primary N) is 1. The monoisotopic (exact) mass is 355 g/mol. The van der Waals surface area contributed by atoms with Crippen LogP contribution < -0.4 is 16.0 Å². The molecule has 1 aromatic heterocycles. The van der Waals surface area contributed by atoms with Crippen LogP contribution in [0.3, 0.4) is 0 Å². The molecular formula is C18H21N5O3. The number of nitrogen functional groups attached to an aromatic ring is 1. The average molecular weight is 355 g/mol. The molecule has 0 saturated heterocycles. The number of hydrogen-bond donors (Lipinski definition) is 2. The van der Waals surface area contributed by atoms with E-state index in [1.807, 2.05) is 13.0 Å². The van der Waals surface area contributed by atoms with E-state index in [1.54, 1.807) is 32.9 Å². The number of carbonyl (C=O) groups excluding carboxylic acids is 2. The fourth-order valence-corrected chi connectivity index (χ4v) is 2.78. The first-order valence-electron chi connectivity index (χ1n) is 8.18. The lowest BCUT2D eigenvalue weighted by Crippen LogP contribution is -2.27. The normalized spacial score (nSPS) is 13.5. The van der Waals surface area contributed by atoms with Crippen molar-refractivity contribution in [1.29, 1.82) is 0 Å². The predicted octanol–water partition coefficient (Wildman–Crippen LogP) is 2.94. The molecule has 0 spiro atoms. The molecule has 0 bridgehead atoms. The van der Waals surface area contributed by atoms with Crippen molar-refractivity contribution in [1.82, 2.24) is 9.97 Å². The Morgan fingerprint density at radius 3 is 2.69 bits per heavy atom. The summed E-state index contributed by atoms with van der Waals surface area (Å²) in [6.07, 6.45) is 0.911. The van der Waals surface area contributed by atoms with Crippen molar-refractivity contribution in [2.45, 2.75) is 39.7 Å². The second kappa shape index (κ2) is 6.29. The van der Waals surface area contributed by atoms with Crippen LogP contribution in [0.5, 0.6) is 0 Å². The Morgan fingerprint density at radius 1 is 1.27 bits per heavy atom. The van der Waals surface area contributed by atoms with E-state index in [0.717, 1.165) is 5.56 Å². The smallest absolute Gasteiger partial charge is 0.412 e. The SMILES string of the molecule is Cc1cc(NC(=O)OC(C)(C)C)cc(N2C(=O)Cc3c(N)ncnc32)c1. The second-order valence-corrected chi connectivity index (χ2v) is 7.15. The molecule has 3 rings (SSSR count). The van der Waals surface area contributed by atoms with Crippen LogP contribution >= 0.6 is 0 Å². The van der Waals surface area contributed by atoms with Gasteiger partial charge in [-0.3, -0.25) is 15.0 Å². The van der Waals surface area contributed by atoms with Crippen LogP contribution in [0.25, 0.3) is 0 Å². The topological polar surface area (TPSA) is 110 Å². The Kier molecular flexibility index (Phi) is 4.27. The van der Waals surface area contributed by atoms with E-state index >= 15 is 0 Å². The summed E-state index contributed by atoms with van der Waals surface area (Å²) < 4.78 is 5.27. The minimum atomic E-state index is -0.602. The van der Waals surface area contributed by atoms with Gasteiger partial charge >= 0.3 is 6.09 Å². The molecule has 0 radical (unpaired) electrons. The first kappa shape index (κ1) is 17.7. The molecular weight excluding hydrogens is 334 g/mol. The molecule has 1 aliphatic heterocycles. The molecule has 2 aromatic rings. The van der Waals surface area contributed by atoms with Gasteiger partial charge in [-0.15, -0.1) is 0 Å². The fraction of sp³-hybridized carbons (Fsp3) is 0.333. The van der Waals surface area contributed by atoms with E-state index in [9.17, 15) is 9.59 Å². The number of carbonyl (C=O) groups is 2. The number of nitrogens with zero attached hydrogens (tertiary/aromatic N) is 3. The molecule has 0 saturated carbocycles. The Bertz CT molecular complexity index is 889. The molecule has 0 unspecified atom stereocenters. The fourth-order valence-electron chi connectivity index (χ4n) is 2.78. The van der Waals surface area contributed by atoms with Crippen molar-refractivity contribution in [3.8, 4) is 0 Å². The van der Waals surface area contributed by atoms with Gasteiger partial charge in [-0.1, -0.05) is 0 Å². The van der Waals surface area contributed by atoms with Gasteiger partial charge in [0.25, 0.3) is 0 Å². The Hall–Kier alpha value is -3.16. The van der Waals surface area contributed by atoms with Crippen molar-refractivity contribution in [3.63, 3.8) is 0 Å². The molecule has 1 aliphatic rings. The third-order valence-electron chi connectivity index (χ3n) is 3.71. The minimum Gasteiger partial charge on any atom is -0.444 e. The maximum absolute atomic E-state index is 12.5. The molecule has 2 amide bonds. The number of benzene rings is 1. The molecule has 8 nitrogen and oxygen atoms in total. The van der Waals surface area contributed by atoms with Gasteiger partial charge in [0.05, 0.1) is 12.1 Å². The van der Waals surface area contributed by atoms with Gasteiger partial charge in [0.15, 0.2) is 0 Å². The number of aryl methyl sites for hydroxylation is 1. The lowest BCUT2D eigenvalue weighted by atomic mass is 10.1. The molecule has 26 heavy (non-hydrogen) atoms. The maximum atomic E-state index is 12.5. The quantitative estimate of drug-likeness (QED) is 0.857. The van der Waals surface area contributed by atoms with E-state index in [1.165, 1.54) is 11.2 Å². The van der Waals surface area contributed by atoms with Gasteiger partial charge in [0.1, 0.15) is 23.6 Å². The first-order chi connectivity index (χ1) is 12.1. The number of amides is 2. The first-order valence-corrected chi connectivity index (χ1v) is 8.18. The van der Waals surface area contributed by atoms with Crippen molar-refractivity contribution in [3.05, 3.63) is 35.7 Å². The van der Waals surface area contributed by atoms with Gasteiger partial charge < -0.3 is 10.5 Å². The van der Waals surface area contributed by atoms with E-state index in [4.69, 9.17) is 10.5 Å². The Morgan fingerprint density at radius 2 is 2.00 bits per heavy atom. The molecule has 3 N–H and O–H groups in total. The van der Waals surface area contributed by atoms with Crippen molar-refractivity contribution in [2.75, 3.05) is 16.0 Å². The molecule has 0 atom stereocenters. The molecule has 0 fully saturated rings. The Balaban J connectivity index is 1.93. The van der Waals surface area contributed by atoms with Crippen LogP contribution in [-0.4, -0.2) is 27.6 Å². The third kappa shape index (κ3) is 3.58. The van der Waals surface area contributed by atoms with Crippen molar-refractivity contribution in [2.24, 2.45) is 0 Å².